The van der Waals surface area contributed by atoms with E-state index in [0.29, 0.717) is 6.07 Å². The molecule has 19 heavy (non-hydrogen) atoms. The number of nitrogens with zero attached hydrogens (tertiary/aromatic N) is 1. The van der Waals surface area contributed by atoms with E-state index in [1.807, 2.05) is 0 Å². The van der Waals surface area contributed by atoms with Crippen molar-refractivity contribution in [2.75, 3.05) is 7.11 Å². The number of ether oxygens (including phenoxy) is 2. The Morgan fingerprint density at radius 1 is 1.32 bits per heavy atom. The predicted molar refractivity (Wildman–Crippen MR) is 54.1 cm³/mol. The van der Waals surface area contributed by atoms with E-state index in [9.17, 15) is 22.4 Å². The number of esters is 1. The zero-order valence-electron chi connectivity index (χ0n) is 9.49. The lowest BCUT2D eigenvalue weighted by Gasteiger charge is -2.13. The van der Waals surface area contributed by atoms with Crippen LogP contribution >= 0.6 is 0 Å². The summed E-state index contributed by atoms with van der Waals surface area (Å²) >= 11 is 0. The van der Waals surface area contributed by atoms with Crippen molar-refractivity contribution in [3.63, 3.8) is 0 Å². The molecular formula is C11H7F4NO3. The average molecular weight is 277 g/mol. The monoisotopic (exact) mass is 277 g/mol. The van der Waals surface area contributed by atoms with E-state index in [-0.39, 0.29) is 5.56 Å². The summed E-state index contributed by atoms with van der Waals surface area (Å²) in [6.45, 7) is -3.37. The highest BCUT2D eigenvalue weighted by Crippen LogP contribution is 2.34. The van der Waals surface area contributed by atoms with Crippen LogP contribution in [0.3, 0.4) is 0 Å². The van der Waals surface area contributed by atoms with Gasteiger partial charge in [0.05, 0.1) is 23.8 Å². The van der Waals surface area contributed by atoms with Gasteiger partial charge in [-0.2, -0.15) is 14.0 Å². The fourth-order valence-corrected chi connectivity index (χ4v) is 1.35. The molecule has 0 atom stereocenters. The molecular weight excluding hydrogens is 270 g/mol. The molecule has 0 N–H and O–H groups in total. The van der Waals surface area contributed by atoms with Crippen LogP contribution in [0.4, 0.5) is 17.6 Å². The van der Waals surface area contributed by atoms with Crippen molar-refractivity contribution in [3.8, 4) is 11.8 Å². The Balaban J connectivity index is 3.45. The van der Waals surface area contributed by atoms with Crippen LogP contribution in [0.15, 0.2) is 12.1 Å². The molecule has 0 spiro atoms. The first-order chi connectivity index (χ1) is 8.90. The number of carbonyl (C=O) groups excluding carboxylic acids is 1. The molecule has 0 aliphatic rings. The fraction of sp³-hybridized carbons (Fsp3) is 0.273. The van der Waals surface area contributed by atoms with Crippen LogP contribution in [0.2, 0.25) is 0 Å². The van der Waals surface area contributed by atoms with Gasteiger partial charge >= 0.3 is 12.6 Å². The van der Waals surface area contributed by atoms with Gasteiger partial charge in [0, 0.05) is 0 Å². The van der Waals surface area contributed by atoms with Crippen LogP contribution in [0.25, 0.3) is 0 Å². The third kappa shape index (κ3) is 3.34. The first-order valence-electron chi connectivity index (χ1n) is 4.80. The van der Waals surface area contributed by atoms with Crippen LogP contribution < -0.4 is 4.74 Å². The van der Waals surface area contributed by atoms with E-state index in [2.05, 4.69) is 9.47 Å². The molecule has 0 aliphatic carbocycles. The van der Waals surface area contributed by atoms with Gasteiger partial charge in [0.2, 0.25) is 0 Å². The number of benzene rings is 1. The van der Waals surface area contributed by atoms with Crippen LogP contribution in [0.1, 0.15) is 27.9 Å². The normalized spacial score (nSPS) is 10.4. The Labute approximate surface area is 105 Å². The van der Waals surface area contributed by atoms with Crippen molar-refractivity contribution in [3.05, 3.63) is 28.8 Å². The van der Waals surface area contributed by atoms with Crippen molar-refractivity contribution in [2.24, 2.45) is 0 Å². The second-order valence-electron chi connectivity index (χ2n) is 3.22. The second-order valence-corrected chi connectivity index (χ2v) is 3.22. The number of methoxy groups -OCH3 is 1. The van der Waals surface area contributed by atoms with E-state index in [0.717, 1.165) is 13.2 Å². The third-order valence-corrected chi connectivity index (χ3v) is 2.10. The molecule has 0 heterocycles. The van der Waals surface area contributed by atoms with Crippen molar-refractivity contribution < 1.29 is 31.8 Å². The van der Waals surface area contributed by atoms with Crippen molar-refractivity contribution >= 4 is 5.97 Å². The highest BCUT2D eigenvalue weighted by atomic mass is 19.3. The summed E-state index contributed by atoms with van der Waals surface area (Å²) in [6.07, 6.45) is -3.19. The number of hydrogen-bond donors (Lipinski definition) is 0. The maximum atomic E-state index is 12.8. The lowest BCUT2D eigenvalue weighted by molar-refractivity contribution is -0.0521. The lowest BCUT2D eigenvalue weighted by atomic mass is 10.0. The molecule has 1 rings (SSSR count). The molecule has 0 fully saturated rings. The van der Waals surface area contributed by atoms with Gasteiger partial charge in [-0.1, -0.05) is 0 Å². The number of rotatable bonds is 4. The van der Waals surface area contributed by atoms with E-state index < -0.39 is 35.9 Å². The Morgan fingerprint density at radius 2 is 1.95 bits per heavy atom. The fourth-order valence-electron chi connectivity index (χ4n) is 1.35. The van der Waals surface area contributed by atoms with E-state index in [1.165, 1.54) is 6.07 Å². The van der Waals surface area contributed by atoms with Crippen molar-refractivity contribution in [2.45, 2.75) is 13.0 Å². The summed E-state index contributed by atoms with van der Waals surface area (Å²) < 4.78 is 58.0. The first-order valence-corrected chi connectivity index (χ1v) is 4.80. The topological polar surface area (TPSA) is 59.3 Å². The molecule has 0 saturated heterocycles. The van der Waals surface area contributed by atoms with E-state index >= 15 is 0 Å². The molecule has 1 aromatic rings. The number of nitriles is 1. The number of carbonyl (C=O) groups is 1. The van der Waals surface area contributed by atoms with Crippen LogP contribution in [-0.2, 0) is 4.74 Å². The van der Waals surface area contributed by atoms with Crippen LogP contribution in [0, 0.1) is 11.3 Å². The van der Waals surface area contributed by atoms with Crippen LogP contribution in [0.5, 0.6) is 5.75 Å². The van der Waals surface area contributed by atoms with E-state index in [1.54, 1.807) is 0 Å². The first kappa shape index (κ1) is 14.8. The molecule has 0 radical (unpaired) electrons. The molecule has 1 aromatic carbocycles. The molecule has 0 unspecified atom stereocenters. The quantitative estimate of drug-likeness (QED) is 0.627. The minimum atomic E-state index is -3.37. The van der Waals surface area contributed by atoms with Gasteiger partial charge in [0.15, 0.2) is 5.75 Å². The Morgan fingerprint density at radius 3 is 2.37 bits per heavy atom. The molecule has 0 bridgehead atoms. The molecule has 4 nitrogen and oxygen atoms in total. The Kier molecular flexibility index (Phi) is 4.69. The number of alkyl halides is 4. The Hall–Kier alpha value is -2.30. The van der Waals surface area contributed by atoms with Gasteiger partial charge in [-0.05, 0) is 12.1 Å². The molecule has 0 amide bonds. The molecule has 0 saturated carbocycles. The molecule has 0 aliphatic heterocycles. The standard InChI is InChI=1S/C11H7F4NO3/c1-18-10(17)5-2-6(4-16)8(19-11(14)15)7(3-5)9(12)13/h2-3,9,11H,1H3. The maximum absolute atomic E-state index is 12.8. The molecule has 102 valence electrons. The van der Waals surface area contributed by atoms with Crippen molar-refractivity contribution in [1.29, 1.82) is 5.26 Å². The zero-order valence-corrected chi connectivity index (χ0v) is 9.49. The smallest absolute Gasteiger partial charge is 0.387 e. The SMILES string of the molecule is COC(=O)c1cc(C#N)c(OC(F)F)c(C(F)F)c1. The predicted octanol–water partition coefficient (Wildman–Crippen LogP) is 2.88. The zero-order chi connectivity index (χ0) is 14.6. The van der Waals surface area contributed by atoms with Gasteiger partial charge in [0.1, 0.15) is 6.07 Å². The lowest BCUT2D eigenvalue weighted by Crippen LogP contribution is -2.09. The minimum absolute atomic E-state index is 0.351. The van der Waals surface area contributed by atoms with Crippen LogP contribution in [-0.4, -0.2) is 19.7 Å². The summed E-state index contributed by atoms with van der Waals surface area (Å²) in [4.78, 5) is 11.2. The van der Waals surface area contributed by atoms with Gasteiger partial charge in [-0.25, -0.2) is 13.6 Å². The van der Waals surface area contributed by atoms with Crippen molar-refractivity contribution in [1.82, 2.24) is 0 Å². The average Bonchev–Trinajstić information content (AvgIpc) is 2.36. The van der Waals surface area contributed by atoms with E-state index in [4.69, 9.17) is 5.26 Å². The van der Waals surface area contributed by atoms with Gasteiger partial charge in [0.25, 0.3) is 6.43 Å². The maximum Gasteiger partial charge on any atom is 0.387 e. The highest BCUT2D eigenvalue weighted by Gasteiger charge is 2.24. The van der Waals surface area contributed by atoms with Gasteiger partial charge in [-0.15, -0.1) is 0 Å². The second kappa shape index (κ2) is 6.04. The Bertz CT molecular complexity index is 525. The molecule has 0 aromatic heterocycles. The summed E-state index contributed by atoms with van der Waals surface area (Å²) in [6, 6.07) is 2.91. The number of hydrogen-bond acceptors (Lipinski definition) is 4. The summed E-state index contributed by atoms with van der Waals surface area (Å²) in [5, 5.41) is 8.74. The summed E-state index contributed by atoms with van der Waals surface area (Å²) in [5.74, 6) is -1.91. The summed E-state index contributed by atoms with van der Waals surface area (Å²) in [7, 11) is 1.01. The largest absolute Gasteiger partial charge is 0.465 e. The third-order valence-electron chi connectivity index (χ3n) is 2.10. The minimum Gasteiger partial charge on any atom is -0.465 e. The highest BCUT2D eigenvalue weighted by molar-refractivity contribution is 5.90. The van der Waals surface area contributed by atoms with Gasteiger partial charge < -0.3 is 9.47 Å². The summed E-state index contributed by atoms with van der Waals surface area (Å²) in [5.41, 5.74) is -1.92. The number of halogens is 4. The molecule has 8 heteroatoms. The van der Waals surface area contributed by atoms with Gasteiger partial charge in [-0.3, -0.25) is 0 Å².